The molecule has 3 aromatic rings. The fourth-order valence-electron chi connectivity index (χ4n) is 3.81. The molecule has 156 valence electrons. The number of aliphatic hydroxyl groups is 1. The summed E-state index contributed by atoms with van der Waals surface area (Å²) in [6.45, 7) is 4.91. The molecule has 0 bridgehead atoms. The third kappa shape index (κ3) is 5.37. The number of para-hydroxylation sites is 2. The van der Waals surface area contributed by atoms with Crippen molar-refractivity contribution in [3.8, 4) is 0 Å². The molecule has 0 spiro atoms. The maximum Gasteiger partial charge on any atom is 0.113 e. The van der Waals surface area contributed by atoms with Crippen molar-refractivity contribution in [3.63, 3.8) is 0 Å². The maximum absolute atomic E-state index is 10.6. The van der Waals surface area contributed by atoms with Gasteiger partial charge in [-0.3, -0.25) is 0 Å². The zero-order valence-corrected chi connectivity index (χ0v) is 17.6. The Labute approximate surface area is 178 Å². The predicted molar refractivity (Wildman–Crippen MR) is 117 cm³/mol. The summed E-state index contributed by atoms with van der Waals surface area (Å²) in [6.07, 6.45) is 1.37. The second kappa shape index (κ2) is 10.2. The van der Waals surface area contributed by atoms with E-state index in [4.69, 9.17) is 14.5 Å². The Morgan fingerprint density at radius 3 is 2.62 bits per heavy atom. The van der Waals surface area contributed by atoms with Crippen molar-refractivity contribution in [2.24, 2.45) is 0 Å². The zero-order chi connectivity index (χ0) is 19.3. The van der Waals surface area contributed by atoms with E-state index in [-0.39, 0.29) is 12.4 Å². The highest BCUT2D eigenvalue weighted by Crippen LogP contribution is 2.29. The molecule has 0 amide bonds. The average Bonchev–Trinajstić information content (AvgIpc) is 3.09. The van der Waals surface area contributed by atoms with Gasteiger partial charge in [-0.1, -0.05) is 42.0 Å². The number of aliphatic hydroxyl groups excluding tert-OH is 1. The second-order valence-electron chi connectivity index (χ2n) is 7.61. The summed E-state index contributed by atoms with van der Waals surface area (Å²) in [6, 6.07) is 16.4. The van der Waals surface area contributed by atoms with E-state index >= 15 is 0 Å². The Morgan fingerprint density at radius 2 is 1.86 bits per heavy atom. The van der Waals surface area contributed by atoms with Gasteiger partial charge in [0.15, 0.2) is 0 Å². The molecule has 5 nitrogen and oxygen atoms in total. The van der Waals surface area contributed by atoms with E-state index in [0.29, 0.717) is 25.7 Å². The molecule has 6 heteroatoms. The van der Waals surface area contributed by atoms with Gasteiger partial charge in [-0.05, 0) is 37.5 Å². The Kier molecular flexibility index (Phi) is 7.67. The van der Waals surface area contributed by atoms with E-state index in [2.05, 4.69) is 41.8 Å². The number of fused-ring (bicyclic) bond motifs is 1. The van der Waals surface area contributed by atoms with Gasteiger partial charge in [0, 0.05) is 19.1 Å². The van der Waals surface area contributed by atoms with E-state index in [1.165, 1.54) is 5.56 Å². The fourth-order valence-corrected chi connectivity index (χ4v) is 3.81. The van der Waals surface area contributed by atoms with E-state index < -0.39 is 6.10 Å². The highest BCUT2D eigenvalue weighted by atomic mass is 35.5. The number of hydrogen-bond acceptors (Lipinski definition) is 4. The molecule has 1 aliphatic rings. The van der Waals surface area contributed by atoms with Crippen LogP contribution in [-0.4, -0.2) is 40.6 Å². The lowest BCUT2D eigenvalue weighted by molar-refractivity contribution is 0.0199. The normalized spacial score (nSPS) is 15.9. The van der Waals surface area contributed by atoms with Crippen molar-refractivity contribution in [2.45, 2.75) is 44.9 Å². The quantitative estimate of drug-likeness (QED) is 0.626. The molecule has 29 heavy (non-hydrogen) atoms. The molecule has 0 radical (unpaired) electrons. The van der Waals surface area contributed by atoms with Crippen LogP contribution in [0.2, 0.25) is 0 Å². The number of ether oxygens (including phenoxy) is 2. The summed E-state index contributed by atoms with van der Waals surface area (Å²) in [7, 11) is 0. The van der Waals surface area contributed by atoms with Crippen molar-refractivity contribution in [1.82, 2.24) is 9.55 Å². The smallest absolute Gasteiger partial charge is 0.113 e. The second-order valence-corrected chi connectivity index (χ2v) is 7.61. The van der Waals surface area contributed by atoms with Gasteiger partial charge >= 0.3 is 0 Å². The molecule has 1 saturated heterocycles. The van der Waals surface area contributed by atoms with Crippen molar-refractivity contribution < 1.29 is 14.6 Å². The lowest BCUT2D eigenvalue weighted by atomic mass is 9.99. The molecular weight excluding hydrogens is 388 g/mol. The number of nitrogens with zero attached hydrogens (tertiary/aromatic N) is 2. The minimum absolute atomic E-state index is 0. The molecule has 1 fully saturated rings. The van der Waals surface area contributed by atoms with Crippen LogP contribution in [0.3, 0.4) is 0 Å². The largest absolute Gasteiger partial charge is 0.389 e. The van der Waals surface area contributed by atoms with Crippen LogP contribution in [0.15, 0.2) is 48.5 Å². The number of rotatable bonds is 7. The predicted octanol–water partition coefficient (Wildman–Crippen LogP) is 4.24. The molecule has 1 atom stereocenters. The summed E-state index contributed by atoms with van der Waals surface area (Å²) in [5, 5.41) is 10.6. The van der Waals surface area contributed by atoms with E-state index in [9.17, 15) is 5.11 Å². The van der Waals surface area contributed by atoms with Crippen LogP contribution in [0.1, 0.15) is 35.7 Å². The first-order chi connectivity index (χ1) is 13.7. The van der Waals surface area contributed by atoms with Crippen LogP contribution in [0, 0.1) is 6.92 Å². The Hall–Kier alpha value is -1.92. The number of hydrogen-bond donors (Lipinski definition) is 1. The van der Waals surface area contributed by atoms with Crippen LogP contribution in [-0.2, 0) is 22.6 Å². The van der Waals surface area contributed by atoms with Gasteiger partial charge in [0.25, 0.3) is 0 Å². The Morgan fingerprint density at radius 1 is 1.14 bits per heavy atom. The van der Waals surface area contributed by atoms with Crippen molar-refractivity contribution in [2.75, 3.05) is 19.8 Å². The van der Waals surface area contributed by atoms with Crippen LogP contribution in [0.5, 0.6) is 0 Å². The molecule has 1 unspecified atom stereocenters. The van der Waals surface area contributed by atoms with Gasteiger partial charge in [0.1, 0.15) is 5.82 Å². The summed E-state index contributed by atoms with van der Waals surface area (Å²) in [5.74, 6) is 1.43. The first-order valence-electron chi connectivity index (χ1n) is 10.0. The minimum atomic E-state index is -0.582. The first-order valence-corrected chi connectivity index (χ1v) is 10.0. The van der Waals surface area contributed by atoms with Crippen molar-refractivity contribution >= 4 is 23.4 Å². The first kappa shape index (κ1) is 21.8. The summed E-state index contributed by atoms with van der Waals surface area (Å²) >= 11 is 0. The van der Waals surface area contributed by atoms with Gasteiger partial charge in [0.05, 0.1) is 36.9 Å². The number of benzene rings is 2. The molecule has 1 aliphatic heterocycles. The van der Waals surface area contributed by atoms with Gasteiger partial charge in [-0.25, -0.2) is 4.98 Å². The monoisotopic (exact) mass is 416 g/mol. The van der Waals surface area contributed by atoms with Gasteiger partial charge in [-0.15, -0.1) is 12.4 Å². The highest BCUT2D eigenvalue weighted by molar-refractivity contribution is 5.85. The van der Waals surface area contributed by atoms with Crippen LogP contribution < -0.4 is 0 Å². The Balaban J connectivity index is 0.00000240. The molecule has 4 rings (SSSR count). The third-order valence-corrected chi connectivity index (χ3v) is 5.36. The third-order valence-electron chi connectivity index (χ3n) is 5.36. The number of imidazole rings is 1. The number of aromatic nitrogens is 2. The van der Waals surface area contributed by atoms with Gasteiger partial charge in [0.2, 0.25) is 0 Å². The maximum atomic E-state index is 10.6. The average molecular weight is 417 g/mol. The summed E-state index contributed by atoms with van der Waals surface area (Å²) < 4.78 is 13.4. The Bertz CT molecular complexity index is 904. The molecule has 1 N–H and O–H groups in total. The fraction of sp³-hybridized carbons (Fsp3) is 0.435. The highest BCUT2D eigenvalue weighted by Gasteiger charge is 2.23. The molecule has 0 aliphatic carbocycles. The summed E-state index contributed by atoms with van der Waals surface area (Å²) in [4.78, 5) is 4.88. The van der Waals surface area contributed by atoms with E-state index in [0.717, 1.165) is 48.5 Å². The van der Waals surface area contributed by atoms with Crippen molar-refractivity contribution in [1.29, 1.82) is 0 Å². The lowest BCUT2D eigenvalue weighted by Gasteiger charge is -2.23. The van der Waals surface area contributed by atoms with E-state index in [1.807, 2.05) is 18.2 Å². The van der Waals surface area contributed by atoms with Crippen molar-refractivity contribution in [3.05, 3.63) is 65.5 Å². The number of halogens is 1. The minimum Gasteiger partial charge on any atom is -0.389 e. The van der Waals surface area contributed by atoms with Gasteiger partial charge < -0.3 is 19.1 Å². The molecule has 2 aromatic carbocycles. The van der Waals surface area contributed by atoms with Crippen LogP contribution >= 0.6 is 12.4 Å². The lowest BCUT2D eigenvalue weighted by Crippen LogP contribution is -2.25. The van der Waals surface area contributed by atoms with Crippen LogP contribution in [0.25, 0.3) is 11.0 Å². The standard InChI is InChI=1S/C23H28N2O3.ClH/c1-17-6-8-18(9-7-17)15-28-16-20(26)14-25-22-5-3-2-4-21(22)24-23(25)19-10-12-27-13-11-19;/h2-9,19-20,26H,10-16H2,1H3;1H. The number of aryl methyl sites for hydroxylation is 1. The summed E-state index contributed by atoms with van der Waals surface area (Å²) in [5.41, 5.74) is 4.41. The van der Waals surface area contributed by atoms with E-state index in [1.54, 1.807) is 0 Å². The SMILES string of the molecule is Cc1ccc(COCC(O)Cn2c(C3CCOCC3)nc3ccccc32)cc1.Cl. The van der Waals surface area contributed by atoms with Crippen LogP contribution in [0.4, 0.5) is 0 Å². The topological polar surface area (TPSA) is 56.5 Å². The molecule has 0 saturated carbocycles. The molecule has 2 heterocycles. The molecule has 1 aromatic heterocycles. The van der Waals surface area contributed by atoms with Gasteiger partial charge in [-0.2, -0.15) is 0 Å². The molecular formula is C23H29ClN2O3. The zero-order valence-electron chi connectivity index (χ0n) is 16.8.